The van der Waals surface area contributed by atoms with Crippen LogP contribution >= 0.6 is 15.9 Å². The zero-order valence-corrected chi connectivity index (χ0v) is 14.1. The average Bonchev–Trinajstić information content (AvgIpc) is 2.47. The molecule has 1 atom stereocenters. The lowest BCUT2D eigenvalue weighted by atomic mass is 10.1. The number of halogens is 1. The van der Waals surface area contributed by atoms with Crippen molar-refractivity contribution >= 4 is 31.6 Å². The standard InChI is InChI=1S/C16H15BrO3S/c1-11-3-9-15(10-4-11)21(19,20)12(2)16(18)13-5-7-14(17)8-6-13/h3-10,12H,1-2H3/t12-/m1/s1. The molecule has 0 saturated carbocycles. The maximum Gasteiger partial charge on any atom is 0.188 e. The number of sulfone groups is 1. The van der Waals surface area contributed by atoms with Crippen molar-refractivity contribution in [3.63, 3.8) is 0 Å². The lowest BCUT2D eigenvalue weighted by Crippen LogP contribution is -2.27. The molecule has 2 aromatic rings. The molecule has 0 aliphatic rings. The number of carbonyl (C=O) groups excluding carboxylic acids is 1. The second-order valence-electron chi connectivity index (χ2n) is 4.87. The highest BCUT2D eigenvalue weighted by atomic mass is 79.9. The number of carbonyl (C=O) groups is 1. The Bertz CT molecular complexity index is 747. The summed E-state index contributed by atoms with van der Waals surface area (Å²) >= 11 is 3.29. The van der Waals surface area contributed by atoms with Crippen LogP contribution in [-0.2, 0) is 9.84 Å². The van der Waals surface area contributed by atoms with Gasteiger partial charge in [0, 0.05) is 10.0 Å². The molecule has 21 heavy (non-hydrogen) atoms. The molecular weight excluding hydrogens is 352 g/mol. The van der Waals surface area contributed by atoms with E-state index in [0.717, 1.165) is 10.0 Å². The second-order valence-corrected chi connectivity index (χ2v) is 8.06. The van der Waals surface area contributed by atoms with E-state index in [1.54, 1.807) is 36.4 Å². The molecule has 2 aromatic carbocycles. The molecule has 0 aromatic heterocycles. The van der Waals surface area contributed by atoms with Gasteiger partial charge in [0.2, 0.25) is 0 Å². The third kappa shape index (κ3) is 3.41. The van der Waals surface area contributed by atoms with Crippen LogP contribution < -0.4 is 0 Å². The third-order valence-corrected chi connectivity index (χ3v) is 5.92. The Labute approximate surface area is 133 Å². The first-order valence-corrected chi connectivity index (χ1v) is 8.76. The molecule has 2 rings (SSSR count). The molecule has 110 valence electrons. The Kier molecular flexibility index (Phi) is 4.64. The Morgan fingerprint density at radius 1 is 1.00 bits per heavy atom. The van der Waals surface area contributed by atoms with E-state index in [-0.39, 0.29) is 4.90 Å². The molecular formula is C16H15BrO3S. The molecule has 0 aliphatic heterocycles. The minimum Gasteiger partial charge on any atom is -0.293 e. The van der Waals surface area contributed by atoms with Gasteiger partial charge in [0.1, 0.15) is 5.25 Å². The molecule has 0 N–H and O–H groups in total. The number of benzene rings is 2. The van der Waals surface area contributed by atoms with Gasteiger partial charge < -0.3 is 0 Å². The summed E-state index contributed by atoms with van der Waals surface area (Å²) in [6.07, 6.45) is 0. The molecule has 0 spiro atoms. The van der Waals surface area contributed by atoms with Crippen molar-refractivity contribution in [1.29, 1.82) is 0 Å². The van der Waals surface area contributed by atoms with Crippen LogP contribution in [0.5, 0.6) is 0 Å². The number of hydrogen-bond acceptors (Lipinski definition) is 3. The minimum absolute atomic E-state index is 0.172. The zero-order valence-electron chi connectivity index (χ0n) is 11.7. The fraction of sp³-hybridized carbons (Fsp3) is 0.188. The summed E-state index contributed by atoms with van der Waals surface area (Å²) < 4.78 is 25.8. The zero-order chi connectivity index (χ0) is 15.6. The Balaban J connectivity index is 2.33. The predicted molar refractivity (Wildman–Crippen MR) is 86.3 cm³/mol. The van der Waals surface area contributed by atoms with Gasteiger partial charge in [-0.3, -0.25) is 4.79 Å². The molecule has 3 nitrogen and oxygen atoms in total. The SMILES string of the molecule is Cc1ccc(S(=O)(=O)[C@H](C)C(=O)c2ccc(Br)cc2)cc1. The molecule has 0 fully saturated rings. The molecule has 0 aliphatic carbocycles. The minimum atomic E-state index is -3.67. The lowest BCUT2D eigenvalue weighted by molar-refractivity contribution is 0.0991. The van der Waals surface area contributed by atoms with Gasteiger partial charge in [0.25, 0.3) is 0 Å². The fourth-order valence-corrected chi connectivity index (χ4v) is 3.53. The van der Waals surface area contributed by atoms with Gasteiger partial charge in [-0.2, -0.15) is 0 Å². The summed E-state index contributed by atoms with van der Waals surface area (Å²) in [5.41, 5.74) is 1.36. The average molecular weight is 367 g/mol. The second kappa shape index (κ2) is 6.12. The van der Waals surface area contributed by atoms with Crippen LogP contribution in [0.2, 0.25) is 0 Å². The van der Waals surface area contributed by atoms with Gasteiger partial charge in [0.05, 0.1) is 4.90 Å². The van der Waals surface area contributed by atoms with Crippen LogP contribution in [0.4, 0.5) is 0 Å². The molecule has 0 amide bonds. The van der Waals surface area contributed by atoms with Crippen LogP contribution in [0.15, 0.2) is 57.9 Å². The topological polar surface area (TPSA) is 51.2 Å². The van der Waals surface area contributed by atoms with Crippen molar-refractivity contribution < 1.29 is 13.2 Å². The summed E-state index contributed by atoms with van der Waals surface area (Å²) in [7, 11) is -3.67. The first-order valence-electron chi connectivity index (χ1n) is 6.43. The van der Waals surface area contributed by atoms with Crippen molar-refractivity contribution in [2.45, 2.75) is 24.0 Å². The van der Waals surface area contributed by atoms with Gasteiger partial charge in [0.15, 0.2) is 15.6 Å². The largest absolute Gasteiger partial charge is 0.293 e. The molecule has 5 heteroatoms. The normalized spacial score (nSPS) is 12.9. The van der Waals surface area contributed by atoms with E-state index >= 15 is 0 Å². The van der Waals surface area contributed by atoms with E-state index in [1.165, 1.54) is 19.1 Å². The third-order valence-electron chi connectivity index (χ3n) is 3.31. The summed E-state index contributed by atoms with van der Waals surface area (Å²) in [5.74, 6) is -0.400. The number of hydrogen-bond donors (Lipinski definition) is 0. The smallest absolute Gasteiger partial charge is 0.188 e. The maximum atomic E-state index is 12.5. The molecule has 0 heterocycles. The van der Waals surface area contributed by atoms with Crippen molar-refractivity contribution in [3.8, 4) is 0 Å². The van der Waals surface area contributed by atoms with Crippen molar-refractivity contribution in [1.82, 2.24) is 0 Å². The summed E-state index contributed by atoms with van der Waals surface area (Å²) in [4.78, 5) is 12.5. The van der Waals surface area contributed by atoms with Gasteiger partial charge in [-0.25, -0.2) is 8.42 Å². The summed E-state index contributed by atoms with van der Waals surface area (Å²) in [6.45, 7) is 3.31. The Morgan fingerprint density at radius 3 is 2.05 bits per heavy atom. The monoisotopic (exact) mass is 366 g/mol. The van der Waals surface area contributed by atoms with Gasteiger partial charge in [-0.15, -0.1) is 0 Å². The Morgan fingerprint density at radius 2 is 1.52 bits per heavy atom. The van der Waals surface area contributed by atoms with E-state index in [9.17, 15) is 13.2 Å². The Hall–Kier alpha value is -1.46. The lowest BCUT2D eigenvalue weighted by Gasteiger charge is -2.12. The van der Waals surface area contributed by atoms with Crippen molar-refractivity contribution in [3.05, 3.63) is 64.1 Å². The number of aryl methyl sites for hydroxylation is 1. The highest BCUT2D eigenvalue weighted by Crippen LogP contribution is 2.20. The maximum absolute atomic E-state index is 12.5. The summed E-state index contributed by atoms with van der Waals surface area (Å²) in [6, 6.07) is 13.2. The van der Waals surface area contributed by atoms with Crippen LogP contribution in [0.1, 0.15) is 22.8 Å². The van der Waals surface area contributed by atoms with E-state index < -0.39 is 20.9 Å². The first kappa shape index (κ1) is 15.9. The van der Waals surface area contributed by atoms with Crippen molar-refractivity contribution in [2.24, 2.45) is 0 Å². The first-order chi connectivity index (χ1) is 9.82. The highest BCUT2D eigenvalue weighted by molar-refractivity contribution is 9.10. The molecule has 0 radical (unpaired) electrons. The van der Waals surface area contributed by atoms with Gasteiger partial charge >= 0.3 is 0 Å². The van der Waals surface area contributed by atoms with Crippen molar-refractivity contribution in [2.75, 3.05) is 0 Å². The van der Waals surface area contributed by atoms with Crippen LogP contribution in [0.3, 0.4) is 0 Å². The van der Waals surface area contributed by atoms with E-state index in [4.69, 9.17) is 0 Å². The highest BCUT2D eigenvalue weighted by Gasteiger charge is 2.30. The number of rotatable bonds is 4. The molecule has 0 saturated heterocycles. The predicted octanol–water partition coefficient (Wildman–Crippen LogP) is 3.80. The van der Waals surface area contributed by atoms with Crippen LogP contribution in [0.25, 0.3) is 0 Å². The van der Waals surface area contributed by atoms with Gasteiger partial charge in [-0.1, -0.05) is 45.8 Å². The van der Waals surface area contributed by atoms with Crippen LogP contribution in [0, 0.1) is 6.92 Å². The van der Waals surface area contributed by atoms with E-state index in [1.807, 2.05) is 6.92 Å². The molecule has 0 bridgehead atoms. The van der Waals surface area contributed by atoms with Crippen LogP contribution in [-0.4, -0.2) is 19.5 Å². The summed E-state index contributed by atoms with van der Waals surface area (Å²) in [5, 5.41) is -1.11. The number of ketones is 1. The molecule has 0 unspecified atom stereocenters. The quantitative estimate of drug-likeness (QED) is 0.773. The van der Waals surface area contributed by atoms with E-state index in [0.29, 0.717) is 5.56 Å². The van der Waals surface area contributed by atoms with Gasteiger partial charge in [-0.05, 0) is 38.1 Å². The fourth-order valence-electron chi connectivity index (χ4n) is 1.92. The number of Topliss-reactive ketones (excluding diaryl/α,β-unsaturated/α-hetero) is 1. The van der Waals surface area contributed by atoms with E-state index in [2.05, 4.69) is 15.9 Å².